The van der Waals surface area contributed by atoms with Crippen molar-refractivity contribution in [3.05, 3.63) is 58.4 Å². The molecule has 3 aromatic rings. The zero-order valence-corrected chi connectivity index (χ0v) is 24.2. The number of nitrogens with zero attached hydrogens (tertiary/aromatic N) is 4. The number of rotatable bonds is 6. The van der Waals surface area contributed by atoms with Crippen LogP contribution in [0, 0.1) is 22.7 Å². The number of carbonyl (C=O) groups is 2. The van der Waals surface area contributed by atoms with Gasteiger partial charge in [0.1, 0.15) is 17.5 Å². The van der Waals surface area contributed by atoms with Gasteiger partial charge in [0.15, 0.2) is 5.78 Å². The second kappa shape index (κ2) is 11.2. The zero-order chi connectivity index (χ0) is 30.3. The zero-order valence-electron chi connectivity index (χ0n) is 24.2. The first-order valence-corrected chi connectivity index (χ1v) is 13.6. The lowest BCUT2D eigenvalue weighted by Gasteiger charge is -2.37. The smallest absolute Gasteiger partial charge is 0.417 e. The first kappa shape index (κ1) is 30.1. The van der Waals surface area contributed by atoms with Crippen molar-refractivity contribution in [2.24, 2.45) is 18.4 Å². The van der Waals surface area contributed by atoms with Crippen molar-refractivity contribution >= 4 is 22.7 Å². The molecular formula is C31H35F3N4O3. The van der Waals surface area contributed by atoms with Gasteiger partial charge in [0.05, 0.1) is 18.2 Å². The Bertz CT molecular complexity index is 1520. The normalized spacial score (nSPS) is 15.6. The number of hydrogen-bond acceptors (Lipinski definition) is 5. The molecule has 0 radical (unpaired) electrons. The molecular weight excluding hydrogens is 533 g/mol. The minimum atomic E-state index is -4.73. The Morgan fingerprint density at radius 2 is 1.85 bits per heavy atom. The maximum atomic E-state index is 14.7. The van der Waals surface area contributed by atoms with Crippen molar-refractivity contribution in [2.45, 2.75) is 59.1 Å². The van der Waals surface area contributed by atoms with Crippen molar-refractivity contribution < 1.29 is 27.5 Å². The molecule has 218 valence electrons. The molecule has 3 heterocycles. The van der Waals surface area contributed by atoms with E-state index in [4.69, 9.17) is 4.74 Å². The SMILES string of the molecule is COc1ccc(C(=O)Cc2cnc3c(c(C4CCN(C(=O)[C@H](C)C(C)(C)C)CC4)cn3C)c2C(F)(F)F)cc1C#N. The lowest BCUT2D eigenvalue weighted by Crippen LogP contribution is -2.43. The van der Waals surface area contributed by atoms with E-state index in [1.165, 1.54) is 25.3 Å². The van der Waals surface area contributed by atoms with E-state index in [1.54, 1.807) is 17.8 Å². The highest BCUT2D eigenvalue weighted by atomic mass is 19.4. The molecule has 0 spiro atoms. The Balaban J connectivity index is 1.69. The molecule has 1 fully saturated rings. The number of methoxy groups -OCH3 is 1. The number of piperidine rings is 1. The van der Waals surface area contributed by atoms with Gasteiger partial charge in [-0.15, -0.1) is 0 Å². The molecule has 41 heavy (non-hydrogen) atoms. The summed E-state index contributed by atoms with van der Waals surface area (Å²) in [4.78, 5) is 32.3. The van der Waals surface area contributed by atoms with E-state index in [2.05, 4.69) is 4.98 Å². The highest BCUT2D eigenvalue weighted by Gasteiger charge is 2.40. The summed E-state index contributed by atoms with van der Waals surface area (Å²) >= 11 is 0. The summed E-state index contributed by atoms with van der Waals surface area (Å²) in [5.74, 6) is -0.592. The lowest BCUT2D eigenvalue weighted by atomic mass is 9.80. The Morgan fingerprint density at radius 3 is 2.41 bits per heavy atom. The standard InChI is InChI=1S/C31H35F3N4O3/c1-18(30(2,3)4)29(40)38-11-9-19(10-12-38)23-17-37(5)28-26(23)27(31(32,33)34)22(16-36-28)14-24(39)20-7-8-25(41-6)21(13-20)15-35/h7-8,13,16-19H,9-12,14H2,1-6H3/t18-/m0/s1. The molecule has 2 aromatic heterocycles. The Kier molecular flexibility index (Phi) is 8.21. The van der Waals surface area contributed by atoms with Gasteiger partial charge in [-0.2, -0.15) is 18.4 Å². The van der Waals surface area contributed by atoms with Gasteiger partial charge in [-0.3, -0.25) is 9.59 Å². The molecule has 0 saturated carbocycles. The Hall–Kier alpha value is -3.87. The van der Waals surface area contributed by atoms with Crippen LogP contribution in [0.1, 0.15) is 79.1 Å². The van der Waals surface area contributed by atoms with E-state index in [0.717, 1.165) is 6.20 Å². The minimum absolute atomic E-state index is 0.00517. The molecule has 0 bridgehead atoms. The van der Waals surface area contributed by atoms with Gasteiger partial charge in [0.25, 0.3) is 0 Å². The third kappa shape index (κ3) is 5.95. The number of likely N-dealkylation sites (tertiary alicyclic amines) is 1. The number of amides is 1. The van der Waals surface area contributed by atoms with Crippen LogP contribution in [-0.4, -0.2) is 46.3 Å². The first-order chi connectivity index (χ1) is 19.2. The second-order valence-corrected chi connectivity index (χ2v) is 11.9. The van der Waals surface area contributed by atoms with Gasteiger partial charge in [0, 0.05) is 55.8 Å². The summed E-state index contributed by atoms with van der Waals surface area (Å²) in [6, 6.07) is 6.15. The van der Waals surface area contributed by atoms with Crippen LogP contribution in [0.25, 0.3) is 11.0 Å². The molecule has 0 aliphatic carbocycles. The predicted octanol–water partition coefficient (Wildman–Crippen LogP) is 6.29. The fourth-order valence-electron chi connectivity index (χ4n) is 5.48. The predicted molar refractivity (Wildman–Crippen MR) is 149 cm³/mol. The van der Waals surface area contributed by atoms with Crippen molar-refractivity contribution in [1.29, 1.82) is 5.26 Å². The van der Waals surface area contributed by atoms with Crippen LogP contribution in [0.3, 0.4) is 0 Å². The molecule has 0 N–H and O–H groups in total. The number of Topliss-reactive ketones (excluding diaryl/α,β-unsaturated/α-hetero) is 1. The van der Waals surface area contributed by atoms with Crippen LogP contribution < -0.4 is 4.74 Å². The molecule has 1 saturated heterocycles. The maximum Gasteiger partial charge on any atom is 0.417 e. The molecule has 1 atom stereocenters. The average Bonchev–Trinajstić information content (AvgIpc) is 3.26. The van der Waals surface area contributed by atoms with Crippen LogP contribution in [0.2, 0.25) is 0 Å². The molecule has 10 heteroatoms. The first-order valence-electron chi connectivity index (χ1n) is 13.6. The molecule has 1 aromatic carbocycles. The minimum Gasteiger partial charge on any atom is -0.495 e. The average molecular weight is 569 g/mol. The molecule has 1 amide bonds. The number of aryl methyl sites for hydroxylation is 1. The van der Waals surface area contributed by atoms with Crippen molar-refractivity contribution in [2.75, 3.05) is 20.2 Å². The molecule has 1 aliphatic rings. The molecule has 4 rings (SSSR count). The number of halogens is 3. The number of ether oxygens (including phenoxy) is 1. The molecule has 1 aliphatic heterocycles. The van der Waals surface area contributed by atoms with Gasteiger partial charge in [0.2, 0.25) is 5.91 Å². The van der Waals surface area contributed by atoms with Crippen LogP contribution >= 0.6 is 0 Å². The topological polar surface area (TPSA) is 88.2 Å². The number of pyridine rings is 1. The van der Waals surface area contributed by atoms with Crippen LogP contribution in [-0.2, 0) is 24.4 Å². The number of carbonyl (C=O) groups excluding carboxylic acids is 2. The highest BCUT2D eigenvalue weighted by Crippen LogP contribution is 2.43. The van der Waals surface area contributed by atoms with Crippen LogP contribution in [0.4, 0.5) is 13.2 Å². The summed E-state index contributed by atoms with van der Waals surface area (Å²) in [6.45, 7) is 8.89. The van der Waals surface area contributed by atoms with Crippen molar-refractivity contribution in [3.8, 4) is 11.8 Å². The number of benzene rings is 1. The number of aromatic nitrogens is 2. The van der Waals surface area contributed by atoms with Crippen molar-refractivity contribution in [3.63, 3.8) is 0 Å². The number of fused-ring (bicyclic) bond motifs is 1. The number of ketones is 1. The number of nitriles is 1. The van der Waals surface area contributed by atoms with Gasteiger partial charge in [-0.05, 0) is 53.5 Å². The van der Waals surface area contributed by atoms with E-state index in [9.17, 15) is 28.0 Å². The fourth-order valence-corrected chi connectivity index (χ4v) is 5.48. The lowest BCUT2D eigenvalue weighted by molar-refractivity contribution is -0.139. The molecule has 7 nitrogen and oxygen atoms in total. The monoisotopic (exact) mass is 568 g/mol. The number of alkyl halides is 3. The summed E-state index contributed by atoms with van der Waals surface area (Å²) in [5, 5.41) is 9.36. The van der Waals surface area contributed by atoms with E-state index >= 15 is 0 Å². The van der Waals surface area contributed by atoms with Gasteiger partial charge in [-0.25, -0.2) is 4.98 Å². The highest BCUT2D eigenvalue weighted by molar-refractivity contribution is 5.99. The van der Waals surface area contributed by atoms with Crippen molar-refractivity contribution in [1.82, 2.24) is 14.5 Å². The van der Waals surface area contributed by atoms with Crippen LogP contribution in [0.5, 0.6) is 5.75 Å². The van der Waals surface area contributed by atoms with Gasteiger partial charge >= 0.3 is 6.18 Å². The maximum absolute atomic E-state index is 14.7. The van der Waals surface area contributed by atoms with E-state index in [0.29, 0.717) is 31.5 Å². The molecule has 0 unspecified atom stereocenters. The Labute approximate surface area is 237 Å². The van der Waals surface area contributed by atoms with E-state index in [1.807, 2.05) is 38.7 Å². The van der Waals surface area contributed by atoms with Gasteiger partial charge in [-0.1, -0.05) is 27.7 Å². The van der Waals surface area contributed by atoms with Crippen LogP contribution in [0.15, 0.2) is 30.6 Å². The fraction of sp³-hybridized carbons (Fsp3) is 0.484. The largest absolute Gasteiger partial charge is 0.495 e. The third-order valence-corrected chi connectivity index (χ3v) is 8.29. The summed E-state index contributed by atoms with van der Waals surface area (Å²) in [6.07, 6.45) is -1.38. The van der Waals surface area contributed by atoms with Gasteiger partial charge < -0.3 is 14.2 Å². The summed E-state index contributed by atoms with van der Waals surface area (Å²) in [7, 11) is 3.05. The Morgan fingerprint density at radius 1 is 1.20 bits per heavy atom. The summed E-state index contributed by atoms with van der Waals surface area (Å²) in [5.41, 5.74) is -0.306. The quantitative estimate of drug-likeness (QED) is 0.326. The third-order valence-electron chi connectivity index (χ3n) is 8.29. The van der Waals surface area contributed by atoms with E-state index in [-0.39, 0.29) is 56.6 Å². The number of hydrogen-bond donors (Lipinski definition) is 0. The summed E-state index contributed by atoms with van der Waals surface area (Å²) < 4.78 is 50.8. The van der Waals surface area contributed by atoms with E-state index < -0.39 is 23.9 Å². The second-order valence-electron chi connectivity index (χ2n) is 11.9.